The summed E-state index contributed by atoms with van der Waals surface area (Å²) in [5, 5.41) is 85.0. The van der Waals surface area contributed by atoms with Gasteiger partial charge in [-0.15, -0.1) is 0 Å². The van der Waals surface area contributed by atoms with Crippen molar-refractivity contribution in [1.29, 1.82) is 0 Å². The molecule has 3 aliphatic heterocycles. The minimum Gasteiger partial charge on any atom is -0.467 e. The van der Waals surface area contributed by atoms with Gasteiger partial charge in [-0.1, -0.05) is 0 Å². The highest BCUT2D eigenvalue weighted by Gasteiger charge is 2.53. The summed E-state index contributed by atoms with van der Waals surface area (Å²) >= 11 is 0. The standard InChI is InChI=1S/C29H55N5O14/c30-8-17-21(40)22(41)19(33)28(44-17)47-25-18(11-37)45-29(23(25)42)48-26-20(39)12(1-2-13(38)10-36)7-16(32)24(26)46-27-15(31)4-3-14(43-27)9-34-5-6-35/h3,12-13,15-29,34-42H,1-2,4-11,30-33H2/t12-,13?,15-,16+,17+,18-,19-,20+,21-,22-,23-,24-,25-,26-,27-,28-,29+/m1/s1. The summed E-state index contributed by atoms with van der Waals surface area (Å²) < 4.78 is 35.8. The van der Waals surface area contributed by atoms with E-state index in [1.165, 1.54) is 0 Å². The fourth-order valence-corrected chi connectivity index (χ4v) is 6.52. The minimum absolute atomic E-state index is 0.0606. The van der Waals surface area contributed by atoms with Gasteiger partial charge < -0.3 is 97.5 Å². The molecule has 0 aromatic heterocycles. The number of ether oxygens (including phenoxy) is 6. The second-order valence-electron chi connectivity index (χ2n) is 12.9. The van der Waals surface area contributed by atoms with Crippen molar-refractivity contribution < 1.29 is 69.3 Å². The lowest BCUT2D eigenvalue weighted by molar-refractivity contribution is -0.283. The maximum absolute atomic E-state index is 11.6. The van der Waals surface area contributed by atoms with E-state index < -0.39 is 117 Å². The van der Waals surface area contributed by atoms with Crippen LogP contribution >= 0.6 is 0 Å². The molecule has 2 saturated heterocycles. The van der Waals surface area contributed by atoms with Gasteiger partial charge in [0.25, 0.3) is 0 Å². The predicted molar refractivity (Wildman–Crippen MR) is 164 cm³/mol. The SMILES string of the molecule is NC[C@@H]1O[C@H](O[C@H]2[C@@H](O)[C@H](O[C@@H]3[C@@H](O)[C@H](CCC(O)CO)C[C@H](N)[C@H]3O[C@H]3OC(CNCCO)=CC[C@H]3N)O[C@@H]2CO)[C@H](N)[C@@H](O)[C@@H]1O. The highest BCUT2D eigenvalue weighted by molar-refractivity contribution is 5.04. The molecule has 48 heavy (non-hydrogen) atoms. The van der Waals surface area contributed by atoms with E-state index in [1.54, 1.807) is 6.08 Å². The molecule has 17 atom stereocenters. The Hall–Kier alpha value is -1.18. The number of aliphatic hydroxyl groups excluding tert-OH is 8. The fourth-order valence-electron chi connectivity index (χ4n) is 6.52. The van der Waals surface area contributed by atoms with Crippen LogP contribution in [-0.4, -0.2) is 178 Å². The van der Waals surface area contributed by atoms with Gasteiger partial charge in [0.2, 0.25) is 6.29 Å². The largest absolute Gasteiger partial charge is 0.467 e. The first-order valence-electron chi connectivity index (χ1n) is 16.5. The molecule has 19 heteroatoms. The first-order valence-corrected chi connectivity index (χ1v) is 16.5. The van der Waals surface area contributed by atoms with Gasteiger partial charge in [-0.2, -0.15) is 0 Å². The minimum atomic E-state index is -1.58. The smallest absolute Gasteiger partial charge is 0.215 e. The molecule has 0 spiro atoms. The molecule has 4 aliphatic rings. The van der Waals surface area contributed by atoms with Gasteiger partial charge in [-0.3, -0.25) is 0 Å². The Morgan fingerprint density at radius 2 is 1.52 bits per heavy atom. The Labute approximate surface area is 278 Å². The quantitative estimate of drug-likeness (QED) is 0.0666. The number of hydrogen-bond acceptors (Lipinski definition) is 19. The molecule has 4 rings (SSSR count). The van der Waals surface area contributed by atoms with Gasteiger partial charge in [-0.05, 0) is 37.7 Å². The number of aliphatic hydroxyl groups is 8. The third kappa shape index (κ3) is 9.37. The number of nitrogens with two attached hydrogens (primary N) is 4. The first-order chi connectivity index (χ1) is 22.9. The molecule has 1 aliphatic carbocycles. The van der Waals surface area contributed by atoms with Gasteiger partial charge in [0.05, 0.1) is 50.7 Å². The van der Waals surface area contributed by atoms with Crippen molar-refractivity contribution in [2.24, 2.45) is 28.9 Å². The van der Waals surface area contributed by atoms with Gasteiger partial charge in [0.15, 0.2) is 12.6 Å². The topological polar surface area (TPSA) is 333 Å². The summed E-state index contributed by atoms with van der Waals surface area (Å²) in [5.41, 5.74) is 24.6. The third-order valence-corrected chi connectivity index (χ3v) is 9.37. The fraction of sp³-hybridized carbons (Fsp3) is 0.931. The van der Waals surface area contributed by atoms with Crippen molar-refractivity contribution in [3.05, 3.63) is 11.8 Å². The van der Waals surface area contributed by atoms with Crippen molar-refractivity contribution >= 4 is 0 Å². The Bertz CT molecular complexity index is 1000. The maximum atomic E-state index is 11.6. The Morgan fingerprint density at radius 1 is 0.833 bits per heavy atom. The molecule has 17 N–H and O–H groups in total. The molecule has 280 valence electrons. The predicted octanol–water partition coefficient (Wildman–Crippen LogP) is -6.67. The van der Waals surface area contributed by atoms with E-state index in [-0.39, 0.29) is 32.4 Å². The summed E-state index contributed by atoms with van der Waals surface area (Å²) in [4.78, 5) is 0. The second kappa shape index (κ2) is 18.4. The molecule has 0 bridgehead atoms. The zero-order valence-corrected chi connectivity index (χ0v) is 26.8. The summed E-state index contributed by atoms with van der Waals surface area (Å²) in [6.07, 6.45) is -13.4. The van der Waals surface area contributed by atoms with E-state index >= 15 is 0 Å². The lowest BCUT2D eigenvalue weighted by Gasteiger charge is -2.46. The average molecular weight is 698 g/mol. The first kappa shape index (κ1) is 39.6. The summed E-state index contributed by atoms with van der Waals surface area (Å²) in [5.74, 6) is 0.0190. The van der Waals surface area contributed by atoms with E-state index in [9.17, 15) is 35.7 Å². The van der Waals surface area contributed by atoms with Crippen molar-refractivity contribution in [3.63, 3.8) is 0 Å². The van der Waals surface area contributed by atoms with E-state index in [0.717, 1.165) is 0 Å². The summed E-state index contributed by atoms with van der Waals surface area (Å²) in [7, 11) is 0. The Kier molecular flexibility index (Phi) is 15.1. The normalized spacial score (nSPS) is 44.3. The Morgan fingerprint density at radius 3 is 2.19 bits per heavy atom. The monoisotopic (exact) mass is 697 g/mol. The van der Waals surface area contributed by atoms with Crippen LogP contribution in [0.2, 0.25) is 0 Å². The van der Waals surface area contributed by atoms with Crippen LogP contribution < -0.4 is 28.3 Å². The van der Waals surface area contributed by atoms with E-state index in [4.69, 9.17) is 56.5 Å². The van der Waals surface area contributed by atoms with E-state index in [2.05, 4.69) is 5.32 Å². The molecular weight excluding hydrogens is 642 g/mol. The summed E-state index contributed by atoms with van der Waals surface area (Å²) in [6.45, 7) is -0.653. The highest BCUT2D eigenvalue weighted by atomic mass is 16.8. The molecular formula is C29H55N5O14. The maximum Gasteiger partial charge on any atom is 0.215 e. The van der Waals surface area contributed by atoms with Crippen LogP contribution in [0.3, 0.4) is 0 Å². The highest BCUT2D eigenvalue weighted by Crippen LogP contribution is 2.37. The van der Waals surface area contributed by atoms with Gasteiger partial charge in [0.1, 0.15) is 54.6 Å². The molecule has 0 amide bonds. The van der Waals surface area contributed by atoms with Gasteiger partial charge >= 0.3 is 0 Å². The zero-order chi connectivity index (χ0) is 35.1. The lowest BCUT2D eigenvalue weighted by Crippen LogP contribution is -2.64. The zero-order valence-electron chi connectivity index (χ0n) is 26.8. The molecule has 1 saturated carbocycles. The van der Waals surface area contributed by atoms with E-state index in [0.29, 0.717) is 25.3 Å². The van der Waals surface area contributed by atoms with Crippen molar-refractivity contribution in [2.75, 3.05) is 39.5 Å². The molecule has 0 aromatic rings. The Balaban J connectivity index is 1.52. The molecule has 19 nitrogen and oxygen atoms in total. The number of nitrogens with one attached hydrogen (secondary N) is 1. The third-order valence-electron chi connectivity index (χ3n) is 9.37. The van der Waals surface area contributed by atoms with Crippen LogP contribution in [0.4, 0.5) is 0 Å². The van der Waals surface area contributed by atoms with E-state index in [1.807, 2.05) is 0 Å². The number of rotatable bonds is 16. The van der Waals surface area contributed by atoms with Crippen molar-refractivity contribution in [3.8, 4) is 0 Å². The average Bonchev–Trinajstić information content (AvgIpc) is 3.37. The van der Waals surface area contributed by atoms with Crippen LogP contribution in [0.15, 0.2) is 11.8 Å². The van der Waals surface area contributed by atoms with Crippen LogP contribution in [0.1, 0.15) is 25.7 Å². The summed E-state index contributed by atoms with van der Waals surface area (Å²) in [6, 6.07) is -2.59. The second-order valence-corrected chi connectivity index (χ2v) is 12.9. The molecule has 3 fully saturated rings. The molecule has 0 radical (unpaired) electrons. The molecule has 1 unspecified atom stereocenters. The van der Waals surface area contributed by atoms with Gasteiger partial charge in [0, 0.05) is 19.1 Å². The van der Waals surface area contributed by atoms with Crippen LogP contribution in [0.5, 0.6) is 0 Å². The lowest BCUT2D eigenvalue weighted by atomic mass is 9.77. The molecule has 3 heterocycles. The van der Waals surface area contributed by atoms with Crippen LogP contribution in [-0.2, 0) is 28.4 Å². The van der Waals surface area contributed by atoms with Crippen LogP contribution in [0, 0.1) is 5.92 Å². The molecule has 0 aromatic carbocycles. The number of hydrogen-bond donors (Lipinski definition) is 13. The van der Waals surface area contributed by atoms with Crippen LogP contribution in [0.25, 0.3) is 0 Å². The van der Waals surface area contributed by atoms with Crippen molar-refractivity contribution in [2.45, 2.75) is 124 Å². The van der Waals surface area contributed by atoms with Gasteiger partial charge in [-0.25, -0.2) is 0 Å². The van der Waals surface area contributed by atoms with Crippen molar-refractivity contribution in [1.82, 2.24) is 5.32 Å².